The molecule has 2 amide bonds. The molecule has 2 aromatic rings. The lowest BCUT2D eigenvalue weighted by Crippen LogP contribution is -2.51. The second kappa shape index (κ2) is 11.0. The molecule has 2 aromatic carbocycles. The molecule has 7 nitrogen and oxygen atoms in total. The zero-order chi connectivity index (χ0) is 25.0. The fourth-order valence-corrected chi connectivity index (χ4v) is 5.26. The highest BCUT2D eigenvalue weighted by atomic mass is 79.9. The van der Waals surface area contributed by atoms with Crippen LogP contribution in [0.5, 0.6) is 5.75 Å². The summed E-state index contributed by atoms with van der Waals surface area (Å²) in [7, 11) is 1.51. The van der Waals surface area contributed by atoms with Crippen LogP contribution in [0.3, 0.4) is 0 Å². The first-order chi connectivity index (χ1) is 16.0. The molecule has 10 heteroatoms. The molecule has 182 valence electrons. The first kappa shape index (κ1) is 26.4. The minimum absolute atomic E-state index is 0.185. The number of nitrogens with one attached hydrogen (secondary N) is 2. The largest absolute Gasteiger partial charge is 0.495 e. The van der Waals surface area contributed by atoms with Crippen molar-refractivity contribution in [1.29, 1.82) is 0 Å². The summed E-state index contributed by atoms with van der Waals surface area (Å²) < 4.78 is 6.74. The molecule has 0 aliphatic carbocycles. The minimum Gasteiger partial charge on any atom is -0.495 e. The lowest BCUT2D eigenvalue weighted by molar-refractivity contribution is -0.139. The molecule has 0 unspecified atom stereocenters. The van der Waals surface area contributed by atoms with Crippen molar-refractivity contribution in [2.24, 2.45) is 5.41 Å². The first-order valence-corrected chi connectivity index (χ1v) is 12.8. The van der Waals surface area contributed by atoms with E-state index in [9.17, 15) is 9.59 Å². The van der Waals surface area contributed by atoms with Crippen molar-refractivity contribution in [3.05, 3.63) is 50.9 Å². The average Bonchev–Trinajstić information content (AvgIpc) is 2.78. The predicted octanol–water partition coefficient (Wildman–Crippen LogP) is 5.04. The third kappa shape index (κ3) is 6.49. The molecule has 0 spiro atoms. The summed E-state index contributed by atoms with van der Waals surface area (Å²) in [4.78, 5) is 29.4. The van der Waals surface area contributed by atoms with Gasteiger partial charge in [-0.05, 0) is 64.5 Å². The lowest BCUT2D eigenvalue weighted by Gasteiger charge is -2.38. The molecule has 0 radical (unpaired) electrons. The Morgan fingerprint density at radius 3 is 2.21 bits per heavy atom. The Morgan fingerprint density at radius 2 is 1.65 bits per heavy atom. The van der Waals surface area contributed by atoms with Crippen LogP contribution in [0.4, 0.5) is 11.4 Å². The number of thiocarbonyl (C=S) groups is 1. The molecule has 1 heterocycles. The number of benzene rings is 2. The maximum Gasteiger partial charge on any atom is 0.261 e. The number of anilines is 2. The topological polar surface area (TPSA) is 73.9 Å². The standard InChI is InChI=1S/C24H28Br2N4O3S/c1-24(2,3)22(32)30-11-9-29(10-12-30)17-7-5-16(6-8-17)27-23(34)28-21(31)18-13-15(25)14-19(26)20(18)33-4/h5-8,13-14H,9-12H2,1-4H3,(H2,27,28,31,34). The number of rotatable bonds is 4. The van der Waals surface area contributed by atoms with Gasteiger partial charge in [0.25, 0.3) is 5.91 Å². The molecular weight excluding hydrogens is 584 g/mol. The van der Waals surface area contributed by atoms with Crippen molar-refractivity contribution in [1.82, 2.24) is 10.2 Å². The Kier molecular flexibility index (Phi) is 8.59. The molecule has 1 aliphatic heterocycles. The van der Waals surface area contributed by atoms with Crippen LogP contribution in [0.1, 0.15) is 31.1 Å². The SMILES string of the molecule is COc1c(Br)cc(Br)cc1C(=O)NC(=S)Nc1ccc(N2CCN(C(=O)C(C)(C)C)CC2)cc1. The Morgan fingerprint density at radius 1 is 1.03 bits per heavy atom. The first-order valence-electron chi connectivity index (χ1n) is 10.8. The normalized spacial score (nSPS) is 13.9. The molecule has 1 saturated heterocycles. The highest BCUT2D eigenvalue weighted by Gasteiger charge is 2.29. The number of hydrogen-bond donors (Lipinski definition) is 2. The van der Waals surface area contributed by atoms with Crippen molar-refractivity contribution >= 4 is 72.4 Å². The van der Waals surface area contributed by atoms with Gasteiger partial charge >= 0.3 is 0 Å². The molecule has 1 fully saturated rings. The molecule has 0 atom stereocenters. The van der Waals surface area contributed by atoms with Gasteiger partial charge in [0.05, 0.1) is 17.1 Å². The van der Waals surface area contributed by atoms with E-state index < -0.39 is 0 Å². The molecule has 0 bridgehead atoms. The number of amides is 2. The van der Waals surface area contributed by atoms with E-state index in [0.29, 0.717) is 28.9 Å². The third-order valence-electron chi connectivity index (χ3n) is 5.38. The van der Waals surface area contributed by atoms with Crippen LogP contribution >= 0.6 is 44.1 Å². The highest BCUT2D eigenvalue weighted by molar-refractivity contribution is 9.11. The Labute approximate surface area is 222 Å². The van der Waals surface area contributed by atoms with Crippen molar-refractivity contribution in [3.63, 3.8) is 0 Å². The smallest absolute Gasteiger partial charge is 0.261 e. The molecule has 0 saturated carbocycles. The molecule has 0 aromatic heterocycles. The van der Waals surface area contributed by atoms with E-state index in [2.05, 4.69) is 47.4 Å². The number of hydrogen-bond acceptors (Lipinski definition) is 5. The number of carbonyl (C=O) groups excluding carboxylic acids is 2. The van der Waals surface area contributed by atoms with Gasteiger partial charge in [-0.3, -0.25) is 14.9 Å². The molecule has 2 N–H and O–H groups in total. The van der Waals surface area contributed by atoms with E-state index in [0.717, 1.165) is 28.9 Å². The zero-order valence-electron chi connectivity index (χ0n) is 19.6. The van der Waals surface area contributed by atoms with Crippen molar-refractivity contribution in [2.45, 2.75) is 20.8 Å². The third-order valence-corrected chi connectivity index (χ3v) is 6.63. The van der Waals surface area contributed by atoms with E-state index >= 15 is 0 Å². The van der Waals surface area contributed by atoms with Crippen LogP contribution in [-0.2, 0) is 4.79 Å². The van der Waals surface area contributed by atoms with Crippen molar-refractivity contribution in [2.75, 3.05) is 43.5 Å². The number of halogens is 2. The van der Waals surface area contributed by atoms with Gasteiger partial charge < -0.3 is 19.9 Å². The second-order valence-corrected chi connectivity index (χ2v) is 11.1. The highest BCUT2D eigenvalue weighted by Crippen LogP contribution is 2.32. The van der Waals surface area contributed by atoms with Gasteiger partial charge in [0.1, 0.15) is 5.75 Å². The molecule has 34 heavy (non-hydrogen) atoms. The van der Waals surface area contributed by atoms with Gasteiger partial charge in [-0.2, -0.15) is 0 Å². The van der Waals surface area contributed by atoms with Crippen LogP contribution in [0.2, 0.25) is 0 Å². The summed E-state index contributed by atoms with van der Waals surface area (Å²) in [6, 6.07) is 11.3. The van der Waals surface area contributed by atoms with Crippen LogP contribution < -0.4 is 20.3 Å². The van der Waals surface area contributed by atoms with E-state index in [1.807, 2.05) is 49.9 Å². The van der Waals surface area contributed by atoms with Gasteiger partial charge in [-0.25, -0.2) is 0 Å². The molecular formula is C24H28Br2N4O3S. The number of nitrogens with zero attached hydrogens (tertiary/aromatic N) is 2. The maximum atomic E-state index is 12.7. The number of piperazine rings is 1. The van der Waals surface area contributed by atoms with Gasteiger partial charge in [0.15, 0.2) is 5.11 Å². The van der Waals surface area contributed by atoms with Gasteiger partial charge in [0, 0.05) is 47.4 Å². The van der Waals surface area contributed by atoms with Gasteiger partial charge in [-0.15, -0.1) is 0 Å². The van der Waals surface area contributed by atoms with E-state index in [1.54, 1.807) is 12.1 Å². The van der Waals surface area contributed by atoms with Crippen molar-refractivity contribution in [3.8, 4) is 5.75 Å². The summed E-state index contributed by atoms with van der Waals surface area (Å²) in [5.74, 6) is 0.239. The van der Waals surface area contributed by atoms with Crippen molar-refractivity contribution < 1.29 is 14.3 Å². The lowest BCUT2D eigenvalue weighted by atomic mass is 9.94. The Bertz CT molecular complexity index is 1080. The van der Waals surface area contributed by atoms with Crippen LogP contribution in [-0.4, -0.2) is 55.1 Å². The number of methoxy groups -OCH3 is 1. The monoisotopic (exact) mass is 610 g/mol. The Balaban J connectivity index is 1.57. The van der Waals surface area contributed by atoms with Gasteiger partial charge in [-0.1, -0.05) is 36.7 Å². The second-order valence-electron chi connectivity index (χ2n) is 8.95. The summed E-state index contributed by atoms with van der Waals surface area (Å²) >= 11 is 12.1. The summed E-state index contributed by atoms with van der Waals surface area (Å²) in [6.07, 6.45) is 0. The number of carbonyl (C=O) groups is 2. The fraction of sp³-hybridized carbons (Fsp3) is 0.375. The molecule has 3 rings (SSSR count). The summed E-state index contributed by atoms with van der Waals surface area (Å²) in [5.41, 5.74) is 1.83. The van der Waals surface area contributed by atoms with Crippen LogP contribution in [0.25, 0.3) is 0 Å². The van der Waals surface area contributed by atoms with Crippen LogP contribution in [0, 0.1) is 5.41 Å². The Hall–Kier alpha value is -2.17. The maximum absolute atomic E-state index is 12.7. The zero-order valence-corrected chi connectivity index (χ0v) is 23.6. The minimum atomic E-state index is -0.379. The van der Waals surface area contributed by atoms with E-state index in [-0.39, 0.29) is 22.3 Å². The summed E-state index contributed by atoms with van der Waals surface area (Å²) in [5, 5.41) is 5.92. The fourth-order valence-electron chi connectivity index (χ4n) is 3.67. The quantitative estimate of drug-likeness (QED) is 0.472. The number of ether oxygens (including phenoxy) is 1. The molecule has 1 aliphatic rings. The van der Waals surface area contributed by atoms with E-state index in [1.165, 1.54) is 7.11 Å². The summed E-state index contributed by atoms with van der Waals surface area (Å²) in [6.45, 7) is 8.85. The van der Waals surface area contributed by atoms with E-state index in [4.69, 9.17) is 17.0 Å². The predicted molar refractivity (Wildman–Crippen MR) is 147 cm³/mol. The van der Waals surface area contributed by atoms with Gasteiger partial charge in [0.2, 0.25) is 5.91 Å². The average molecular weight is 612 g/mol. The van der Waals surface area contributed by atoms with Crippen LogP contribution in [0.15, 0.2) is 45.3 Å².